The molecule has 0 atom stereocenters. The fraction of sp³-hybridized carbons (Fsp3) is 0.300. The van der Waals surface area contributed by atoms with Crippen LogP contribution in [0.25, 0.3) is 0 Å². The van der Waals surface area contributed by atoms with Crippen LogP contribution in [0.5, 0.6) is 0 Å². The van der Waals surface area contributed by atoms with E-state index in [-0.39, 0.29) is 23.4 Å². The van der Waals surface area contributed by atoms with Gasteiger partial charge in [-0.2, -0.15) is 0 Å². The fourth-order valence-corrected chi connectivity index (χ4v) is 3.33. The molecule has 4 N–H and O–H groups in total. The monoisotopic (exact) mass is 322 g/mol. The minimum atomic E-state index is -4.06. The van der Waals surface area contributed by atoms with Crippen molar-refractivity contribution in [3.63, 3.8) is 0 Å². The standard InChI is InChI=1S/C10H14N2O6S2/c11-20(17,18)9-5-2-1-4-8(9)12-19(15,16)7-3-6-10(13)14/h1-2,4-5,12H,3,6-7H2,(H,13,14)(H2,11,17,18). The first-order chi connectivity index (χ1) is 9.12. The summed E-state index contributed by atoms with van der Waals surface area (Å²) < 4.78 is 48.1. The summed E-state index contributed by atoms with van der Waals surface area (Å²) in [6, 6.07) is 5.28. The highest BCUT2D eigenvalue weighted by molar-refractivity contribution is 7.93. The lowest BCUT2D eigenvalue weighted by Crippen LogP contribution is -2.21. The molecule has 0 heterocycles. The maximum Gasteiger partial charge on any atom is 0.303 e. The maximum atomic E-state index is 11.7. The van der Waals surface area contributed by atoms with Gasteiger partial charge in [0.2, 0.25) is 20.0 Å². The minimum Gasteiger partial charge on any atom is -0.481 e. The molecule has 10 heteroatoms. The lowest BCUT2D eigenvalue weighted by atomic mass is 10.3. The van der Waals surface area contributed by atoms with Gasteiger partial charge in [0, 0.05) is 6.42 Å². The van der Waals surface area contributed by atoms with Crippen molar-refractivity contribution in [2.24, 2.45) is 5.14 Å². The van der Waals surface area contributed by atoms with Gasteiger partial charge in [-0.15, -0.1) is 0 Å². The Morgan fingerprint density at radius 3 is 2.35 bits per heavy atom. The van der Waals surface area contributed by atoms with Crippen molar-refractivity contribution in [2.45, 2.75) is 17.7 Å². The number of hydrogen-bond donors (Lipinski definition) is 3. The number of aliphatic carboxylic acids is 1. The molecule has 0 fully saturated rings. The predicted molar refractivity (Wildman–Crippen MR) is 72.1 cm³/mol. The van der Waals surface area contributed by atoms with E-state index in [0.717, 1.165) is 0 Å². The Bertz CT molecular complexity index is 696. The summed E-state index contributed by atoms with van der Waals surface area (Å²) in [6.07, 6.45) is -0.375. The molecule has 0 saturated carbocycles. The van der Waals surface area contributed by atoms with Crippen LogP contribution in [-0.4, -0.2) is 33.7 Å². The van der Waals surface area contributed by atoms with Crippen molar-refractivity contribution in [1.82, 2.24) is 0 Å². The second-order valence-electron chi connectivity index (χ2n) is 3.96. The Kier molecular flexibility index (Phi) is 5.09. The number of anilines is 1. The number of sulfonamides is 2. The molecule has 0 aromatic heterocycles. The maximum absolute atomic E-state index is 11.7. The van der Waals surface area contributed by atoms with E-state index in [4.69, 9.17) is 10.2 Å². The van der Waals surface area contributed by atoms with Crippen LogP contribution in [0.1, 0.15) is 12.8 Å². The first-order valence-electron chi connectivity index (χ1n) is 5.46. The third-order valence-corrected chi connectivity index (χ3v) is 4.59. The van der Waals surface area contributed by atoms with Gasteiger partial charge in [-0.25, -0.2) is 22.0 Å². The number of hydrogen-bond acceptors (Lipinski definition) is 5. The molecule has 1 aromatic carbocycles. The van der Waals surface area contributed by atoms with E-state index in [1.807, 2.05) is 0 Å². The van der Waals surface area contributed by atoms with Gasteiger partial charge in [0.15, 0.2) is 0 Å². The van der Waals surface area contributed by atoms with Gasteiger partial charge in [0.25, 0.3) is 0 Å². The van der Waals surface area contributed by atoms with Crippen LogP contribution in [0.15, 0.2) is 29.2 Å². The van der Waals surface area contributed by atoms with Gasteiger partial charge in [-0.3, -0.25) is 9.52 Å². The molecule has 0 amide bonds. The molecule has 0 radical (unpaired) electrons. The van der Waals surface area contributed by atoms with Gasteiger partial charge >= 0.3 is 5.97 Å². The van der Waals surface area contributed by atoms with Crippen LogP contribution in [0, 0.1) is 0 Å². The summed E-state index contributed by atoms with van der Waals surface area (Å²) in [7, 11) is -7.91. The molecule has 1 aromatic rings. The Hall–Kier alpha value is -1.65. The predicted octanol–water partition coefficient (Wildman–Crippen LogP) is -0.0595. The Morgan fingerprint density at radius 2 is 1.80 bits per heavy atom. The van der Waals surface area contributed by atoms with Crippen molar-refractivity contribution < 1.29 is 26.7 Å². The van der Waals surface area contributed by atoms with E-state index < -0.39 is 31.8 Å². The highest BCUT2D eigenvalue weighted by Gasteiger charge is 2.18. The summed E-state index contributed by atoms with van der Waals surface area (Å²) >= 11 is 0. The quantitative estimate of drug-likeness (QED) is 0.641. The van der Waals surface area contributed by atoms with Gasteiger partial charge in [-0.1, -0.05) is 12.1 Å². The van der Waals surface area contributed by atoms with Crippen LogP contribution in [-0.2, 0) is 24.8 Å². The molecule has 1 rings (SSSR count). The molecular formula is C10H14N2O6S2. The van der Waals surface area contributed by atoms with Gasteiger partial charge < -0.3 is 5.11 Å². The first-order valence-corrected chi connectivity index (χ1v) is 8.66. The van der Waals surface area contributed by atoms with Crippen LogP contribution in [0.2, 0.25) is 0 Å². The number of carboxylic acids is 1. The van der Waals surface area contributed by atoms with Crippen molar-refractivity contribution in [3.8, 4) is 0 Å². The molecule has 0 aliphatic carbocycles. The molecule has 0 unspecified atom stereocenters. The first kappa shape index (κ1) is 16.4. The fourth-order valence-electron chi connectivity index (χ4n) is 1.43. The number of carbonyl (C=O) groups is 1. The van der Waals surface area contributed by atoms with E-state index in [1.165, 1.54) is 24.3 Å². The molecule has 0 aliphatic rings. The lowest BCUT2D eigenvalue weighted by Gasteiger charge is -2.10. The topological polar surface area (TPSA) is 144 Å². The SMILES string of the molecule is NS(=O)(=O)c1ccccc1NS(=O)(=O)CCCC(=O)O. The number of benzene rings is 1. The van der Waals surface area contributed by atoms with E-state index in [0.29, 0.717) is 0 Å². The number of nitrogens with one attached hydrogen (secondary N) is 1. The third-order valence-electron chi connectivity index (χ3n) is 2.26. The molecule has 112 valence electrons. The number of carboxylic acid groups (broad SMARTS) is 1. The van der Waals surface area contributed by atoms with Crippen LogP contribution in [0.3, 0.4) is 0 Å². The molecule has 0 aliphatic heterocycles. The summed E-state index contributed by atoms with van der Waals surface area (Å²) in [5, 5.41) is 13.4. The number of nitrogens with two attached hydrogens (primary N) is 1. The Labute approximate surface area is 116 Å². The van der Waals surface area contributed by atoms with Crippen LogP contribution in [0.4, 0.5) is 5.69 Å². The zero-order valence-electron chi connectivity index (χ0n) is 10.3. The number of para-hydroxylation sites is 1. The average molecular weight is 322 g/mol. The highest BCUT2D eigenvalue weighted by atomic mass is 32.2. The Balaban J connectivity index is 2.91. The zero-order valence-corrected chi connectivity index (χ0v) is 11.9. The van der Waals surface area contributed by atoms with E-state index >= 15 is 0 Å². The molecule has 20 heavy (non-hydrogen) atoms. The highest BCUT2D eigenvalue weighted by Crippen LogP contribution is 2.20. The van der Waals surface area contributed by atoms with Crippen molar-refractivity contribution >= 4 is 31.7 Å². The normalized spacial score (nSPS) is 12.1. The van der Waals surface area contributed by atoms with E-state index in [9.17, 15) is 21.6 Å². The second-order valence-corrected chi connectivity index (χ2v) is 7.33. The third kappa shape index (κ3) is 5.15. The largest absolute Gasteiger partial charge is 0.481 e. The van der Waals surface area contributed by atoms with Crippen molar-refractivity contribution in [2.75, 3.05) is 10.5 Å². The van der Waals surface area contributed by atoms with E-state index in [1.54, 1.807) is 0 Å². The van der Waals surface area contributed by atoms with Crippen LogP contribution >= 0.6 is 0 Å². The van der Waals surface area contributed by atoms with Crippen molar-refractivity contribution in [1.29, 1.82) is 0 Å². The molecule has 0 saturated heterocycles. The number of primary sulfonamides is 1. The smallest absolute Gasteiger partial charge is 0.303 e. The molecular weight excluding hydrogens is 308 g/mol. The number of rotatable bonds is 7. The summed E-state index contributed by atoms with van der Waals surface area (Å²) in [6.45, 7) is 0. The average Bonchev–Trinajstić information content (AvgIpc) is 2.26. The van der Waals surface area contributed by atoms with Gasteiger partial charge in [0.05, 0.1) is 11.4 Å². The molecule has 8 nitrogen and oxygen atoms in total. The van der Waals surface area contributed by atoms with E-state index in [2.05, 4.69) is 4.72 Å². The Morgan fingerprint density at radius 1 is 1.20 bits per heavy atom. The van der Waals surface area contributed by atoms with Gasteiger partial charge in [-0.05, 0) is 18.6 Å². The summed E-state index contributed by atoms with van der Waals surface area (Å²) in [5.41, 5.74) is -0.162. The summed E-state index contributed by atoms with van der Waals surface area (Å²) in [4.78, 5) is 9.97. The van der Waals surface area contributed by atoms with Crippen molar-refractivity contribution in [3.05, 3.63) is 24.3 Å². The van der Waals surface area contributed by atoms with Gasteiger partial charge in [0.1, 0.15) is 4.90 Å². The minimum absolute atomic E-state index is 0.0811. The summed E-state index contributed by atoms with van der Waals surface area (Å²) in [5.74, 6) is -1.54. The molecule has 0 bridgehead atoms. The zero-order chi connectivity index (χ0) is 15.4. The lowest BCUT2D eigenvalue weighted by molar-refractivity contribution is -0.137. The second kappa shape index (κ2) is 6.20. The molecule has 0 spiro atoms. The van der Waals surface area contributed by atoms with Crippen LogP contribution < -0.4 is 9.86 Å².